The third kappa shape index (κ3) is 4.94. The molecule has 0 atom stereocenters. The zero-order valence-electron chi connectivity index (χ0n) is 13.0. The molecule has 1 aromatic carbocycles. The van der Waals surface area contributed by atoms with Crippen molar-refractivity contribution in [2.45, 2.75) is 18.7 Å². The zero-order valence-corrected chi connectivity index (χ0v) is 13.8. The summed E-state index contributed by atoms with van der Waals surface area (Å²) < 4.78 is 40.2. The van der Waals surface area contributed by atoms with Crippen LogP contribution < -0.4 is 5.73 Å². The average molecular weight is 317 g/mol. The quantitative estimate of drug-likeness (QED) is 0.776. The number of anilines is 1. The lowest BCUT2D eigenvalue weighted by atomic mass is 10.2. The Morgan fingerprint density at radius 2 is 1.86 bits per heavy atom. The molecule has 120 valence electrons. The molecule has 0 saturated heterocycles. The van der Waals surface area contributed by atoms with Gasteiger partial charge in [-0.1, -0.05) is 13.8 Å². The number of rotatable bonds is 7. The molecule has 0 aliphatic carbocycles. The molecule has 0 aliphatic rings. The van der Waals surface area contributed by atoms with Gasteiger partial charge in [0.1, 0.15) is 10.7 Å². The smallest absolute Gasteiger partial charge is 0.245 e. The molecule has 0 saturated carbocycles. The zero-order chi connectivity index (χ0) is 16.2. The van der Waals surface area contributed by atoms with E-state index in [-0.39, 0.29) is 16.5 Å². The van der Waals surface area contributed by atoms with Crippen molar-refractivity contribution in [2.75, 3.05) is 39.5 Å². The number of nitrogens with two attached hydrogens (primary N) is 1. The van der Waals surface area contributed by atoms with Gasteiger partial charge in [-0.25, -0.2) is 12.8 Å². The average Bonchev–Trinajstić information content (AvgIpc) is 2.36. The Kier molecular flexibility index (Phi) is 6.12. The standard InChI is InChI=1S/C14H24FN3O2S/c1-11(2)10-18(8-7-17(3)4)21(19,20)14-9-12(15)5-6-13(14)16/h5-6,9,11H,7-8,10,16H2,1-4H3. The van der Waals surface area contributed by atoms with Crippen molar-refractivity contribution in [3.63, 3.8) is 0 Å². The van der Waals surface area contributed by atoms with Gasteiger partial charge in [0.25, 0.3) is 0 Å². The first-order chi connectivity index (χ1) is 9.64. The molecule has 2 N–H and O–H groups in total. The van der Waals surface area contributed by atoms with Crippen molar-refractivity contribution in [1.29, 1.82) is 0 Å². The van der Waals surface area contributed by atoms with E-state index in [1.165, 1.54) is 10.4 Å². The summed E-state index contributed by atoms with van der Waals surface area (Å²) in [4.78, 5) is 1.74. The van der Waals surface area contributed by atoms with Crippen LogP contribution >= 0.6 is 0 Å². The lowest BCUT2D eigenvalue weighted by Crippen LogP contribution is -2.39. The van der Waals surface area contributed by atoms with Crippen LogP contribution in [0.2, 0.25) is 0 Å². The van der Waals surface area contributed by atoms with E-state index in [4.69, 9.17) is 5.73 Å². The molecular weight excluding hydrogens is 293 g/mol. The van der Waals surface area contributed by atoms with Crippen molar-refractivity contribution >= 4 is 15.7 Å². The number of hydrogen-bond donors (Lipinski definition) is 1. The number of hydrogen-bond acceptors (Lipinski definition) is 4. The van der Waals surface area contributed by atoms with Crippen LogP contribution in [0.1, 0.15) is 13.8 Å². The summed E-state index contributed by atoms with van der Waals surface area (Å²) in [6.45, 7) is 5.16. The SMILES string of the molecule is CC(C)CN(CCN(C)C)S(=O)(=O)c1cc(F)ccc1N. The highest BCUT2D eigenvalue weighted by Gasteiger charge is 2.27. The monoisotopic (exact) mass is 317 g/mol. The Morgan fingerprint density at radius 3 is 2.38 bits per heavy atom. The van der Waals surface area contributed by atoms with Crippen LogP contribution in [-0.4, -0.2) is 51.4 Å². The van der Waals surface area contributed by atoms with Crippen LogP contribution in [0.3, 0.4) is 0 Å². The third-order valence-electron chi connectivity index (χ3n) is 2.96. The van der Waals surface area contributed by atoms with E-state index < -0.39 is 15.8 Å². The molecule has 1 rings (SSSR count). The summed E-state index contributed by atoms with van der Waals surface area (Å²) >= 11 is 0. The van der Waals surface area contributed by atoms with E-state index in [1.807, 2.05) is 32.8 Å². The van der Waals surface area contributed by atoms with Crippen LogP contribution in [0.4, 0.5) is 10.1 Å². The molecule has 0 unspecified atom stereocenters. The van der Waals surface area contributed by atoms with E-state index in [0.29, 0.717) is 19.6 Å². The maximum absolute atomic E-state index is 13.4. The number of likely N-dealkylation sites (N-methyl/N-ethyl adjacent to an activating group) is 1. The fourth-order valence-electron chi connectivity index (χ4n) is 1.90. The highest BCUT2D eigenvalue weighted by atomic mass is 32.2. The predicted molar refractivity (Wildman–Crippen MR) is 83.0 cm³/mol. The summed E-state index contributed by atoms with van der Waals surface area (Å²) in [5.41, 5.74) is 5.78. The summed E-state index contributed by atoms with van der Waals surface area (Å²) in [5.74, 6) is -0.448. The van der Waals surface area contributed by atoms with Crippen LogP contribution in [0.25, 0.3) is 0 Å². The minimum Gasteiger partial charge on any atom is -0.398 e. The molecule has 0 heterocycles. The van der Waals surface area contributed by atoms with Gasteiger partial charge in [0.05, 0.1) is 5.69 Å². The molecular formula is C14H24FN3O2S. The number of halogens is 1. The van der Waals surface area contributed by atoms with Gasteiger partial charge < -0.3 is 10.6 Å². The van der Waals surface area contributed by atoms with Gasteiger partial charge in [0, 0.05) is 19.6 Å². The number of nitrogen functional groups attached to an aromatic ring is 1. The normalized spacial score (nSPS) is 12.6. The van der Waals surface area contributed by atoms with Gasteiger partial charge in [-0.05, 0) is 38.2 Å². The third-order valence-corrected chi connectivity index (χ3v) is 4.88. The van der Waals surface area contributed by atoms with Crippen molar-refractivity contribution in [1.82, 2.24) is 9.21 Å². The second kappa shape index (κ2) is 7.20. The molecule has 0 fully saturated rings. The fraction of sp³-hybridized carbons (Fsp3) is 0.571. The maximum atomic E-state index is 13.4. The van der Waals surface area contributed by atoms with E-state index in [2.05, 4.69) is 0 Å². The van der Waals surface area contributed by atoms with Gasteiger partial charge in [-0.2, -0.15) is 4.31 Å². The van der Waals surface area contributed by atoms with Crippen LogP contribution in [-0.2, 0) is 10.0 Å². The van der Waals surface area contributed by atoms with Gasteiger partial charge in [0.2, 0.25) is 10.0 Å². The fourth-order valence-corrected chi connectivity index (χ4v) is 3.62. The van der Waals surface area contributed by atoms with Crippen molar-refractivity contribution in [3.05, 3.63) is 24.0 Å². The summed E-state index contributed by atoms with van der Waals surface area (Å²) in [5, 5.41) is 0. The molecule has 1 aromatic rings. The molecule has 0 bridgehead atoms. The molecule has 0 amide bonds. The Balaban J connectivity index is 3.16. The van der Waals surface area contributed by atoms with Gasteiger partial charge >= 0.3 is 0 Å². The Labute approximate surface area is 126 Å². The van der Waals surface area contributed by atoms with E-state index in [9.17, 15) is 12.8 Å². The number of sulfonamides is 1. The number of nitrogens with zero attached hydrogens (tertiary/aromatic N) is 2. The van der Waals surface area contributed by atoms with Crippen LogP contribution in [0.15, 0.2) is 23.1 Å². The largest absolute Gasteiger partial charge is 0.398 e. The topological polar surface area (TPSA) is 66.6 Å². The lowest BCUT2D eigenvalue weighted by Gasteiger charge is -2.26. The van der Waals surface area contributed by atoms with Crippen molar-refractivity contribution in [3.8, 4) is 0 Å². The highest BCUT2D eigenvalue weighted by Crippen LogP contribution is 2.24. The molecule has 0 radical (unpaired) electrons. The Hall–Kier alpha value is -1.18. The van der Waals surface area contributed by atoms with Gasteiger partial charge in [0.15, 0.2) is 0 Å². The lowest BCUT2D eigenvalue weighted by molar-refractivity contribution is 0.312. The number of benzene rings is 1. The first-order valence-corrected chi connectivity index (χ1v) is 8.28. The summed E-state index contributed by atoms with van der Waals surface area (Å²) in [7, 11) is -0.0598. The Morgan fingerprint density at radius 1 is 1.24 bits per heavy atom. The van der Waals surface area contributed by atoms with Gasteiger partial charge in [-0.3, -0.25) is 0 Å². The minimum absolute atomic E-state index is 0.0648. The van der Waals surface area contributed by atoms with Crippen LogP contribution in [0.5, 0.6) is 0 Å². The van der Waals surface area contributed by atoms with E-state index >= 15 is 0 Å². The van der Waals surface area contributed by atoms with Crippen molar-refractivity contribution in [2.24, 2.45) is 5.92 Å². The van der Waals surface area contributed by atoms with Crippen LogP contribution in [0, 0.1) is 11.7 Å². The summed E-state index contributed by atoms with van der Waals surface area (Å²) in [6.07, 6.45) is 0. The predicted octanol–water partition coefficient (Wildman–Crippen LogP) is 1.62. The molecule has 0 spiro atoms. The van der Waals surface area contributed by atoms with Gasteiger partial charge in [-0.15, -0.1) is 0 Å². The Bertz CT molecular complexity index is 574. The van der Waals surface area contributed by atoms with E-state index in [0.717, 1.165) is 12.1 Å². The summed E-state index contributed by atoms with van der Waals surface area (Å²) in [6, 6.07) is 3.41. The molecule has 0 aliphatic heterocycles. The second-order valence-electron chi connectivity index (χ2n) is 5.74. The highest BCUT2D eigenvalue weighted by molar-refractivity contribution is 7.89. The first kappa shape index (κ1) is 17.9. The second-order valence-corrected chi connectivity index (χ2v) is 7.65. The molecule has 0 aromatic heterocycles. The minimum atomic E-state index is -3.80. The molecule has 7 heteroatoms. The van der Waals surface area contributed by atoms with Crippen molar-refractivity contribution < 1.29 is 12.8 Å². The molecule has 21 heavy (non-hydrogen) atoms. The first-order valence-electron chi connectivity index (χ1n) is 6.84. The molecule has 5 nitrogen and oxygen atoms in total. The maximum Gasteiger partial charge on any atom is 0.245 e. The van der Waals surface area contributed by atoms with E-state index in [1.54, 1.807) is 0 Å².